The van der Waals surface area contributed by atoms with Crippen molar-refractivity contribution in [1.29, 1.82) is 5.26 Å². The van der Waals surface area contributed by atoms with E-state index in [1.165, 1.54) is 23.9 Å². The summed E-state index contributed by atoms with van der Waals surface area (Å²) < 4.78 is 5.76. The lowest BCUT2D eigenvalue weighted by atomic mass is 10.1. The Balaban J connectivity index is 1.58. The minimum Gasteiger partial charge on any atom is -0.450 e. The molecule has 2 heterocycles. The number of nitrogens with zero attached hydrogens (tertiary/aromatic N) is 3. The number of imidazole rings is 1. The van der Waals surface area contributed by atoms with E-state index >= 15 is 0 Å². The summed E-state index contributed by atoms with van der Waals surface area (Å²) in [6.45, 7) is 0. The number of nitrogens with one attached hydrogen (secondary N) is 1. The smallest absolute Gasteiger partial charge is 0.270 e. The number of aromatic amines is 1. The highest BCUT2D eigenvalue weighted by atomic mass is 32.2. The highest BCUT2D eigenvalue weighted by molar-refractivity contribution is 7.99. The molecule has 4 rings (SSSR count). The molecule has 0 saturated carbocycles. The van der Waals surface area contributed by atoms with Gasteiger partial charge in [-0.2, -0.15) is 5.26 Å². The SMILES string of the molecule is N#CC(=Cc1ccc(Sc2nc3ccccc3[nH]2)o1)c1cccc([N+](=O)[O-])c1. The van der Waals surface area contributed by atoms with Gasteiger partial charge in [0.2, 0.25) is 0 Å². The van der Waals surface area contributed by atoms with Crippen LogP contribution in [0.25, 0.3) is 22.7 Å². The predicted octanol–water partition coefficient (Wildman–Crippen LogP) is 5.28. The number of aromatic nitrogens is 2. The number of H-pyrrole nitrogens is 1. The van der Waals surface area contributed by atoms with Crippen LogP contribution in [-0.2, 0) is 0 Å². The molecule has 0 aliphatic heterocycles. The largest absolute Gasteiger partial charge is 0.450 e. The molecule has 1 N–H and O–H groups in total. The maximum Gasteiger partial charge on any atom is 0.270 e. The van der Waals surface area contributed by atoms with Gasteiger partial charge in [-0.15, -0.1) is 0 Å². The molecule has 0 radical (unpaired) electrons. The van der Waals surface area contributed by atoms with E-state index < -0.39 is 4.92 Å². The van der Waals surface area contributed by atoms with Gasteiger partial charge in [-0.3, -0.25) is 10.1 Å². The van der Waals surface area contributed by atoms with E-state index in [2.05, 4.69) is 16.0 Å². The third kappa shape index (κ3) is 3.65. The number of hydrogen-bond donors (Lipinski definition) is 1. The summed E-state index contributed by atoms with van der Waals surface area (Å²) in [5, 5.41) is 21.7. The number of nitro groups is 1. The summed E-state index contributed by atoms with van der Waals surface area (Å²) in [5.74, 6) is 0.474. The fraction of sp³-hybridized carbons (Fsp3) is 0. The lowest BCUT2D eigenvalue weighted by molar-refractivity contribution is -0.384. The minimum atomic E-state index is -0.493. The standard InChI is InChI=1S/C20H12N4O3S/c21-12-14(13-4-3-5-15(10-13)24(25)26)11-16-8-9-19(27-16)28-20-22-17-6-1-2-7-18(17)23-20/h1-11H,(H,22,23). The van der Waals surface area contributed by atoms with Crippen LogP contribution in [0.1, 0.15) is 11.3 Å². The first-order chi connectivity index (χ1) is 13.6. The molecule has 28 heavy (non-hydrogen) atoms. The highest BCUT2D eigenvalue weighted by Crippen LogP contribution is 2.30. The lowest BCUT2D eigenvalue weighted by Gasteiger charge is -1.98. The Labute approximate surface area is 163 Å². The van der Waals surface area contributed by atoms with Crippen LogP contribution in [0, 0.1) is 21.4 Å². The molecule has 0 fully saturated rings. The third-order valence-electron chi connectivity index (χ3n) is 3.94. The molecule has 136 valence electrons. The van der Waals surface area contributed by atoms with Gasteiger partial charge in [0.1, 0.15) is 5.76 Å². The summed E-state index contributed by atoms with van der Waals surface area (Å²) in [6, 6.07) is 19.2. The second-order valence-electron chi connectivity index (χ2n) is 5.80. The maximum absolute atomic E-state index is 10.9. The van der Waals surface area contributed by atoms with E-state index in [0.717, 1.165) is 11.0 Å². The molecule has 0 bridgehead atoms. The molecule has 2 aromatic heterocycles. The van der Waals surface area contributed by atoms with Gasteiger partial charge in [-0.05, 0) is 47.7 Å². The van der Waals surface area contributed by atoms with Crippen LogP contribution < -0.4 is 0 Å². The zero-order valence-corrected chi connectivity index (χ0v) is 15.1. The third-order valence-corrected chi connectivity index (χ3v) is 4.75. The fourth-order valence-corrected chi connectivity index (χ4v) is 3.42. The van der Waals surface area contributed by atoms with Crippen molar-refractivity contribution in [3.63, 3.8) is 0 Å². The number of nitriles is 1. The number of non-ortho nitro benzene ring substituents is 1. The number of para-hydroxylation sites is 2. The molecule has 0 spiro atoms. The van der Waals surface area contributed by atoms with Gasteiger partial charge in [0, 0.05) is 12.1 Å². The minimum absolute atomic E-state index is 0.0702. The van der Waals surface area contributed by atoms with Gasteiger partial charge in [0.25, 0.3) is 5.69 Å². The van der Waals surface area contributed by atoms with Crippen LogP contribution in [-0.4, -0.2) is 14.9 Å². The predicted molar refractivity (Wildman–Crippen MR) is 106 cm³/mol. The maximum atomic E-state index is 10.9. The zero-order chi connectivity index (χ0) is 19.5. The Bertz CT molecular complexity index is 1220. The monoisotopic (exact) mass is 388 g/mol. The van der Waals surface area contributed by atoms with Gasteiger partial charge >= 0.3 is 0 Å². The molecular weight excluding hydrogens is 376 g/mol. The normalized spacial score (nSPS) is 11.5. The lowest BCUT2D eigenvalue weighted by Crippen LogP contribution is -1.89. The first-order valence-electron chi connectivity index (χ1n) is 8.21. The first kappa shape index (κ1) is 17.6. The van der Waals surface area contributed by atoms with Crippen molar-refractivity contribution in [2.24, 2.45) is 0 Å². The van der Waals surface area contributed by atoms with Crippen molar-refractivity contribution >= 4 is 40.1 Å². The van der Waals surface area contributed by atoms with E-state index in [-0.39, 0.29) is 11.3 Å². The van der Waals surface area contributed by atoms with Crippen LogP contribution in [0.3, 0.4) is 0 Å². The molecule has 7 nitrogen and oxygen atoms in total. The van der Waals surface area contributed by atoms with Crippen LogP contribution in [0.5, 0.6) is 0 Å². The van der Waals surface area contributed by atoms with Crippen molar-refractivity contribution in [2.75, 3.05) is 0 Å². The average molecular weight is 388 g/mol. The van der Waals surface area contributed by atoms with Crippen molar-refractivity contribution in [3.05, 3.63) is 82.1 Å². The number of rotatable bonds is 5. The van der Waals surface area contributed by atoms with E-state index in [9.17, 15) is 15.4 Å². The Morgan fingerprint density at radius 3 is 2.86 bits per heavy atom. The molecule has 2 aromatic carbocycles. The average Bonchev–Trinajstić information content (AvgIpc) is 3.32. The quantitative estimate of drug-likeness (QED) is 0.283. The van der Waals surface area contributed by atoms with Crippen molar-refractivity contribution < 1.29 is 9.34 Å². The summed E-state index contributed by atoms with van der Waals surface area (Å²) in [5.41, 5.74) is 2.47. The van der Waals surface area contributed by atoms with Crippen LogP contribution >= 0.6 is 11.8 Å². The van der Waals surface area contributed by atoms with Crippen LogP contribution in [0.4, 0.5) is 5.69 Å². The number of hydrogen-bond acceptors (Lipinski definition) is 6. The number of furan rings is 1. The molecular formula is C20H12N4O3S. The topological polar surface area (TPSA) is 109 Å². The Kier molecular flexibility index (Phi) is 4.66. The highest BCUT2D eigenvalue weighted by Gasteiger charge is 2.11. The molecule has 0 saturated heterocycles. The number of allylic oxidation sites excluding steroid dienone is 1. The summed E-state index contributed by atoms with van der Waals surface area (Å²) >= 11 is 1.34. The van der Waals surface area contributed by atoms with Crippen LogP contribution in [0.15, 0.2) is 75.3 Å². The number of benzene rings is 2. The molecule has 0 aliphatic rings. The van der Waals surface area contributed by atoms with Crippen LogP contribution in [0.2, 0.25) is 0 Å². The Morgan fingerprint density at radius 2 is 2.07 bits per heavy atom. The van der Waals surface area contributed by atoms with Gasteiger partial charge in [-0.25, -0.2) is 4.98 Å². The van der Waals surface area contributed by atoms with E-state index in [0.29, 0.717) is 21.6 Å². The zero-order valence-electron chi connectivity index (χ0n) is 14.3. The summed E-state index contributed by atoms with van der Waals surface area (Å²) in [6.07, 6.45) is 1.56. The summed E-state index contributed by atoms with van der Waals surface area (Å²) in [4.78, 5) is 18.1. The van der Waals surface area contributed by atoms with E-state index in [4.69, 9.17) is 4.42 Å². The molecule has 4 aromatic rings. The molecule has 0 atom stereocenters. The second kappa shape index (κ2) is 7.42. The molecule has 8 heteroatoms. The fourth-order valence-electron chi connectivity index (χ4n) is 2.65. The second-order valence-corrected chi connectivity index (χ2v) is 6.79. The summed E-state index contributed by atoms with van der Waals surface area (Å²) in [7, 11) is 0. The Morgan fingerprint density at radius 1 is 1.21 bits per heavy atom. The van der Waals surface area contributed by atoms with Gasteiger partial charge in [0.05, 0.1) is 27.6 Å². The first-order valence-corrected chi connectivity index (χ1v) is 9.03. The van der Waals surface area contributed by atoms with Crippen molar-refractivity contribution in [2.45, 2.75) is 10.2 Å². The van der Waals surface area contributed by atoms with Gasteiger partial charge in [-0.1, -0.05) is 24.3 Å². The van der Waals surface area contributed by atoms with E-state index in [1.54, 1.807) is 30.3 Å². The molecule has 0 aliphatic carbocycles. The van der Waals surface area contributed by atoms with Crippen molar-refractivity contribution in [1.82, 2.24) is 9.97 Å². The number of nitro benzene ring substituents is 1. The molecule has 0 amide bonds. The Hall–Kier alpha value is -3.83. The molecule has 0 unspecified atom stereocenters. The van der Waals surface area contributed by atoms with Gasteiger partial charge < -0.3 is 9.40 Å². The van der Waals surface area contributed by atoms with Crippen molar-refractivity contribution in [3.8, 4) is 6.07 Å². The number of fused-ring (bicyclic) bond motifs is 1. The van der Waals surface area contributed by atoms with Gasteiger partial charge in [0.15, 0.2) is 10.2 Å². The van der Waals surface area contributed by atoms with E-state index in [1.807, 2.05) is 24.3 Å².